The third kappa shape index (κ3) is 69.3. The van der Waals surface area contributed by atoms with Gasteiger partial charge in [-0.15, -0.1) is 0 Å². The van der Waals surface area contributed by atoms with Crippen molar-refractivity contribution in [1.82, 2.24) is 0 Å². The lowest BCUT2D eigenvalue weighted by Crippen LogP contribution is -2.30. The van der Waals surface area contributed by atoms with Gasteiger partial charge in [-0.25, -0.2) is 9.13 Å². The average molecular weight is 1430 g/mol. The molecule has 0 radical (unpaired) electrons. The third-order valence-corrected chi connectivity index (χ3v) is 20.4. The number of esters is 4. The molecule has 0 saturated heterocycles. The van der Waals surface area contributed by atoms with Crippen molar-refractivity contribution in [1.29, 1.82) is 0 Å². The maximum Gasteiger partial charge on any atom is 0.472 e. The summed E-state index contributed by atoms with van der Waals surface area (Å²) in [5, 5.41) is 10.6. The van der Waals surface area contributed by atoms with Crippen molar-refractivity contribution in [3.05, 3.63) is 24.3 Å². The highest BCUT2D eigenvalue weighted by Crippen LogP contribution is 2.45. The van der Waals surface area contributed by atoms with Gasteiger partial charge in [0.05, 0.1) is 26.4 Å². The van der Waals surface area contributed by atoms with Crippen LogP contribution in [0.2, 0.25) is 0 Å². The number of hydrogen-bond acceptors (Lipinski definition) is 15. The average Bonchev–Trinajstić information content (AvgIpc) is 1.00. The van der Waals surface area contributed by atoms with Gasteiger partial charge in [-0.1, -0.05) is 330 Å². The number of carbonyl (C=O) groups is 4. The van der Waals surface area contributed by atoms with Gasteiger partial charge in [0.25, 0.3) is 0 Å². The zero-order valence-electron chi connectivity index (χ0n) is 63.7. The predicted octanol–water partition coefficient (Wildman–Crippen LogP) is 22.9. The van der Waals surface area contributed by atoms with E-state index in [9.17, 15) is 43.2 Å². The minimum Gasteiger partial charge on any atom is -0.462 e. The first kappa shape index (κ1) is 95.5. The van der Waals surface area contributed by atoms with E-state index in [1.165, 1.54) is 167 Å². The summed E-state index contributed by atoms with van der Waals surface area (Å²) in [6.07, 6.45) is 59.2. The van der Waals surface area contributed by atoms with Crippen LogP contribution < -0.4 is 0 Å². The van der Waals surface area contributed by atoms with Crippen molar-refractivity contribution >= 4 is 39.5 Å². The van der Waals surface area contributed by atoms with E-state index in [0.29, 0.717) is 31.6 Å². The van der Waals surface area contributed by atoms with Gasteiger partial charge in [0.2, 0.25) is 0 Å². The highest BCUT2D eigenvalue weighted by atomic mass is 31.2. The number of rotatable bonds is 75. The van der Waals surface area contributed by atoms with Crippen LogP contribution in [-0.2, 0) is 65.4 Å². The molecule has 0 saturated carbocycles. The maximum atomic E-state index is 13.1. The Balaban J connectivity index is 5.24. The van der Waals surface area contributed by atoms with Crippen molar-refractivity contribution in [3.8, 4) is 0 Å². The lowest BCUT2D eigenvalue weighted by molar-refractivity contribution is -0.161. The van der Waals surface area contributed by atoms with E-state index in [0.717, 1.165) is 127 Å². The summed E-state index contributed by atoms with van der Waals surface area (Å²) in [6.45, 7) is 11.8. The zero-order chi connectivity index (χ0) is 72.3. The van der Waals surface area contributed by atoms with E-state index in [2.05, 4.69) is 72.8 Å². The van der Waals surface area contributed by atoms with Crippen molar-refractivity contribution in [2.24, 2.45) is 17.8 Å². The van der Waals surface area contributed by atoms with E-state index in [1.807, 2.05) is 0 Å². The number of carbonyl (C=O) groups excluding carboxylic acids is 4. The van der Waals surface area contributed by atoms with E-state index < -0.39 is 97.5 Å². The number of unbranched alkanes of at least 4 members (excludes halogenated alkanes) is 38. The lowest BCUT2D eigenvalue weighted by Gasteiger charge is -2.21. The molecule has 98 heavy (non-hydrogen) atoms. The molecular formula is C79H150O17P2. The number of phosphoric ester groups is 2. The summed E-state index contributed by atoms with van der Waals surface area (Å²) < 4.78 is 68.5. The van der Waals surface area contributed by atoms with Gasteiger partial charge in [-0.2, -0.15) is 0 Å². The molecule has 17 nitrogen and oxygen atoms in total. The number of aliphatic hydroxyl groups excluding tert-OH is 1. The Morgan fingerprint density at radius 2 is 0.602 bits per heavy atom. The molecule has 0 bridgehead atoms. The third-order valence-electron chi connectivity index (χ3n) is 18.5. The molecule has 0 aromatic rings. The van der Waals surface area contributed by atoms with Crippen LogP contribution in [0, 0.1) is 17.8 Å². The van der Waals surface area contributed by atoms with Gasteiger partial charge in [-0.3, -0.25) is 37.3 Å². The highest BCUT2D eigenvalue weighted by Gasteiger charge is 2.30. The molecule has 0 aromatic carbocycles. The second kappa shape index (κ2) is 68.9. The number of ether oxygens (including phenoxy) is 4. The molecule has 4 unspecified atom stereocenters. The van der Waals surface area contributed by atoms with Crippen LogP contribution >= 0.6 is 15.6 Å². The van der Waals surface area contributed by atoms with Crippen molar-refractivity contribution in [2.45, 2.75) is 401 Å². The highest BCUT2D eigenvalue weighted by molar-refractivity contribution is 7.47. The second-order valence-corrected chi connectivity index (χ2v) is 31.6. The van der Waals surface area contributed by atoms with Crippen LogP contribution in [-0.4, -0.2) is 96.7 Å². The zero-order valence-corrected chi connectivity index (χ0v) is 65.5. The van der Waals surface area contributed by atoms with E-state index in [4.69, 9.17) is 37.0 Å². The monoisotopic (exact) mass is 1430 g/mol. The molecule has 0 amide bonds. The minimum absolute atomic E-state index is 0.101. The molecule has 0 aromatic heterocycles. The van der Waals surface area contributed by atoms with Gasteiger partial charge >= 0.3 is 39.5 Å². The van der Waals surface area contributed by atoms with Gasteiger partial charge in [0, 0.05) is 25.7 Å². The van der Waals surface area contributed by atoms with Crippen LogP contribution in [0.4, 0.5) is 0 Å². The molecular weight excluding hydrogens is 1280 g/mol. The first-order valence-electron chi connectivity index (χ1n) is 40.2. The van der Waals surface area contributed by atoms with Crippen LogP contribution in [0.3, 0.4) is 0 Å². The largest absolute Gasteiger partial charge is 0.472 e. The molecule has 0 spiro atoms. The quantitative estimate of drug-likeness (QED) is 0.0169. The normalized spacial score (nSPS) is 14.7. The Morgan fingerprint density at radius 3 is 0.908 bits per heavy atom. The molecule has 0 fully saturated rings. The summed E-state index contributed by atoms with van der Waals surface area (Å²) >= 11 is 0. The number of aliphatic hydroxyl groups is 1. The fourth-order valence-electron chi connectivity index (χ4n) is 11.5. The van der Waals surface area contributed by atoms with Gasteiger partial charge in [0.15, 0.2) is 12.2 Å². The first-order valence-corrected chi connectivity index (χ1v) is 43.2. The Bertz CT molecular complexity index is 2000. The Labute approximate surface area is 599 Å². The SMILES string of the molecule is CCCCCC/C=C\C=C/CCCCCCCC(=O)OC[C@H](COP(=O)(O)OC[C@@H](O)COP(=O)(O)OC[C@@H](COC(=O)CCCCCCCCC(C)CC)OC(=O)CCCCCCCCCCC(C)C)OC(=O)CCCCCCCCCCCCCCCCCCCCC(C)CC. The van der Waals surface area contributed by atoms with Crippen molar-refractivity contribution in [3.63, 3.8) is 0 Å². The maximum absolute atomic E-state index is 13.1. The van der Waals surface area contributed by atoms with Gasteiger partial charge in [-0.05, 0) is 69.1 Å². The van der Waals surface area contributed by atoms with Crippen LogP contribution in [0.15, 0.2) is 24.3 Å². The number of hydrogen-bond donors (Lipinski definition) is 3. The van der Waals surface area contributed by atoms with Crippen LogP contribution in [0.5, 0.6) is 0 Å². The van der Waals surface area contributed by atoms with Crippen LogP contribution in [0.1, 0.15) is 382 Å². The van der Waals surface area contributed by atoms with Crippen molar-refractivity contribution < 1.29 is 80.2 Å². The Kier molecular flexibility index (Phi) is 67.2. The fraction of sp³-hybridized carbons (Fsp3) is 0.899. The summed E-state index contributed by atoms with van der Waals surface area (Å²) in [5.41, 5.74) is 0. The lowest BCUT2D eigenvalue weighted by atomic mass is 9.99. The molecule has 0 aliphatic carbocycles. The second-order valence-electron chi connectivity index (χ2n) is 28.7. The molecule has 578 valence electrons. The fourth-order valence-corrected chi connectivity index (χ4v) is 13.1. The molecule has 0 aliphatic heterocycles. The smallest absolute Gasteiger partial charge is 0.462 e. The van der Waals surface area contributed by atoms with Gasteiger partial charge in [0.1, 0.15) is 19.3 Å². The molecule has 19 heteroatoms. The predicted molar refractivity (Wildman–Crippen MR) is 400 cm³/mol. The van der Waals surface area contributed by atoms with E-state index in [1.54, 1.807) is 0 Å². The number of phosphoric acid groups is 2. The summed E-state index contributed by atoms with van der Waals surface area (Å²) in [6, 6.07) is 0. The van der Waals surface area contributed by atoms with Crippen molar-refractivity contribution in [2.75, 3.05) is 39.6 Å². The van der Waals surface area contributed by atoms with Gasteiger partial charge < -0.3 is 33.8 Å². The van der Waals surface area contributed by atoms with Crippen LogP contribution in [0.25, 0.3) is 0 Å². The Morgan fingerprint density at radius 1 is 0.337 bits per heavy atom. The number of allylic oxidation sites excluding steroid dienone is 4. The molecule has 0 aliphatic rings. The molecule has 3 N–H and O–H groups in total. The minimum atomic E-state index is -4.97. The first-order chi connectivity index (χ1) is 47.3. The molecule has 7 atom stereocenters. The molecule has 0 rings (SSSR count). The summed E-state index contributed by atoms with van der Waals surface area (Å²) in [4.78, 5) is 72.8. The standard InChI is InChI=1S/C79H150O17P2/c1-8-11-12-13-14-15-16-17-22-26-29-32-38-46-53-60-76(81)89-66-74(95-78(83)62-55-48-39-33-30-27-24-21-19-18-20-23-25-28-31-37-44-51-58-71(6)9-2)68-93-97(85,86)91-64-73(80)65-92-98(87,88)94-69-75(67-90-77(82)61-54-47-42-41-45-52-59-72(7)10-3)96-79(84)63-56-49-40-35-34-36-43-50-57-70(4)5/h15-17,22,70-75,80H,8-14,18-21,23-69H2,1-7H3,(H,85,86)(H,87,88)/b16-15-,22-17-/t71?,72?,73-,74-,75-/m1/s1. The molecule has 0 heterocycles. The topological polar surface area (TPSA) is 237 Å². The summed E-state index contributed by atoms with van der Waals surface area (Å²) in [7, 11) is -9.93. The van der Waals surface area contributed by atoms with E-state index >= 15 is 0 Å². The Hall–Kier alpha value is -2.46. The summed E-state index contributed by atoms with van der Waals surface area (Å²) in [5.74, 6) is 0.166. The van der Waals surface area contributed by atoms with E-state index in [-0.39, 0.29) is 25.7 Å².